The van der Waals surface area contributed by atoms with Crippen LogP contribution in [0.5, 0.6) is 5.75 Å². The van der Waals surface area contributed by atoms with Crippen molar-refractivity contribution in [2.75, 3.05) is 19.0 Å². The number of hydrogen-bond acceptors (Lipinski definition) is 4. The largest absolute Gasteiger partial charge is 0.497 e. The molecule has 1 aromatic rings. The molecule has 1 heterocycles. The molecule has 0 bridgehead atoms. The summed E-state index contributed by atoms with van der Waals surface area (Å²) in [4.78, 5) is 12.2. The highest BCUT2D eigenvalue weighted by Gasteiger charge is 2.40. The van der Waals surface area contributed by atoms with Crippen LogP contribution < -0.4 is 4.74 Å². The first-order valence-electron chi connectivity index (χ1n) is 5.83. The van der Waals surface area contributed by atoms with Gasteiger partial charge in [0, 0.05) is 11.9 Å². The highest BCUT2D eigenvalue weighted by atomic mass is 79.9. The fraction of sp³-hybridized carbons (Fsp3) is 0.417. The van der Waals surface area contributed by atoms with Gasteiger partial charge in [-0.15, -0.1) is 0 Å². The molecule has 2 rings (SSSR count). The summed E-state index contributed by atoms with van der Waals surface area (Å²) in [7, 11) is -2.21. The number of hydrogen-bond donors (Lipinski definition) is 0. The number of methoxy groups -OCH3 is 1. The number of unbranched alkanes of at least 4 members (excludes halogenated alkanes) is 1. The number of nitrogens with zero attached hydrogens (tertiary/aromatic N) is 1. The zero-order chi connectivity index (χ0) is 14.0. The molecule has 0 radical (unpaired) electrons. The number of benzene rings is 1. The molecule has 7 heteroatoms. The van der Waals surface area contributed by atoms with Crippen molar-refractivity contribution in [1.29, 1.82) is 0 Å². The first-order valence-corrected chi connectivity index (χ1v) is 8.39. The van der Waals surface area contributed by atoms with Crippen molar-refractivity contribution in [1.82, 2.24) is 4.31 Å². The van der Waals surface area contributed by atoms with E-state index in [1.54, 1.807) is 6.07 Å². The number of fused-ring (bicyclic) bond motifs is 1. The molecular weight excluding hydrogens is 334 g/mol. The van der Waals surface area contributed by atoms with Gasteiger partial charge >= 0.3 is 0 Å². The van der Waals surface area contributed by atoms with Crippen molar-refractivity contribution in [2.24, 2.45) is 0 Å². The minimum atomic E-state index is -3.69. The molecule has 0 saturated carbocycles. The number of carbonyl (C=O) groups excluding carboxylic acids is 1. The van der Waals surface area contributed by atoms with E-state index in [-0.39, 0.29) is 17.0 Å². The number of sulfonamides is 1. The Labute approximate surface area is 120 Å². The van der Waals surface area contributed by atoms with Crippen molar-refractivity contribution in [3.05, 3.63) is 23.8 Å². The number of amides is 1. The van der Waals surface area contributed by atoms with Crippen molar-refractivity contribution < 1.29 is 17.9 Å². The molecule has 104 valence electrons. The van der Waals surface area contributed by atoms with E-state index in [0.717, 1.165) is 16.1 Å². The predicted octanol–water partition coefficient (Wildman–Crippen LogP) is 2.01. The van der Waals surface area contributed by atoms with Gasteiger partial charge in [-0.25, -0.2) is 12.7 Å². The standard InChI is InChI=1S/C12H14BrNO4S/c1-18-9-4-5-11-10(8-9)12(15)14(19(11,16)17)7-3-2-6-13/h4-5,8H,2-3,6-7H2,1H3. The highest BCUT2D eigenvalue weighted by Crippen LogP contribution is 2.32. The van der Waals surface area contributed by atoms with Gasteiger partial charge in [-0.1, -0.05) is 15.9 Å². The van der Waals surface area contributed by atoms with Gasteiger partial charge in [-0.2, -0.15) is 0 Å². The van der Waals surface area contributed by atoms with Crippen LogP contribution in [0.4, 0.5) is 0 Å². The Morgan fingerprint density at radius 3 is 2.68 bits per heavy atom. The van der Waals surface area contributed by atoms with Crippen LogP contribution in [0.15, 0.2) is 23.1 Å². The van der Waals surface area contributed by atoms with E-state index in [2.05, 4.69) is 15.9 Å². The summed E-state index contributed by atoms with van der Waals surface area (Å²) in [6.07, 6.45) is 1.46. The third kappa shape index (κ3) is 2.49. The maximum atomic E-state index is 12.2. The van der Waals surface area contributed by atoms with Gasteiger partial charge < -0.3 is 4.74 Å². The van der Waals surface area contributed by atoms with Gasteiger partial charge in [0.15, 0.2) is 0 Å². The van der Waals surface area contributed by atoms with Crippen molar-refractivity contribution in [3.8, 4) is 5.75 Å². The summed E-state index contributed by atoms with van der Waals surface area (Å²) in [5.41, 5.74) is 0.193. The summed E-state index contributed by atoms with van der Waals surface area (Å²) < 4.78 is 30.4. The molecule has 0 unspecified atom stereocenters. The lowest BCUT2D eigenvalue weighted by molar-refractivity contribution is 0.0869. The van der Waals surface area contributed by atoms with Gasteiger partial charge in [-0.3, -0.25) is 4.79 Å². The lowest BCUT2D eigenvalue weighted by Crippen LogP contribution is -2.31. The number of halogens is 1. The third-order valence-electron chi connectivity index (χ3n) is 2.96. The molecule has 1 aliphatic rings. The van der Waals surface area contributed by atoms with Crippen LogP contribution >= 0.6 is 15.9 Å². The minimum absolute atomic E-state index is 0.0668. The second kappa shape index (κ2) is 5.50. The van der Waals surface area contributed by atoms with Gasteiger partial charge in [0.05, 0.1) is 12.7 Å². The molecule has 5 nitrogen and oxygen atoms in total. The Balaban J connectivity index is 2.35. The number of carbonyl (C=O) groups is 1. The van der Waals surface area contributed by atoms with E-state index in [4.69, 9.17) is 4.74 Å². The number of rotatable bonds is 5. The maximum absolute atomic E-state index is 12.2. The minimum Gasteiger partial charge on any atom is -0.497 e. The van der Waals surface area contributed by atoms with Crippen molar-refractivity contribution in [2.45, 2.75) is 17.7 Å². The third-order valence-corrected chi connectivity index (χ3v) is 5.36. The van der Waals surface area contributed by atoms with Gasteiger partial charge in [0.1, 0.15) is 10.6 Å². The molecule has 0 aromatic heterocycles. The van der Waals surface area contributed by atoms with Crippen LogP contribution in [0.25, 0.3) is 0 Å². The van der Waals surface area contributed by atoms with Crippen LogP contribution in [-0.4, -0.2) is 37.6 Å². The Bertz CT molecular complexity index is 600. The lowest BCUT2D eigenvalue weighted by atomic mass is 10.2. The zero-order valence-corrected chi connectivity index (χ0v) is 12.8. The second-order valence-corrected chi connectivity index (χ2v) is 6.76. The average molecular weight is 348 g/mol. The molecule has 0 spiro atoms. The topological polar surface area (TPSA) is 63.7 Å². The molecular formula is C12H14BrNO4S. The van der Waals surface area contributed by atoms with Crippen LogP contribution in [0.3, 0.4) is 0 Å². The first-order chi connectivity index (χ1) is 9.02. The SMILES string of the molecule is COc1ccc2c(c1)C(=O)N(CCCCBr)S2(=O)=O. The lowest BCUT2D eigenvalue weighted by Gasteiger charge is -2.14. The predicted molar refractivity (Wildman–Crippen MR) is 74.2 cm³/mol. The Morgan fingerprint density at radius 2 is 2.05 bits per heavy atom. The van der Waals surface area contributed by atoms with Gasteiger partial charge in [0.2, 0.25) is 0 Å². The molecule has 0 atom stereocenters. The summed E-state index contributed by atoms with van der Waals surface area (Å²) in [6, 6.07) is 4.44. The highest BCUT2D eigenvalue weighted by molar-refractivity contribution is 9.09. The summed E-state index contributed by atoms with van der Waals surface area (Å²) in [5, 5.41) is 0.788. The summed E-state index contributed by atoms with van der Waals surface area (Å²) in [5.74, 6) is 0.00748. The molecule has 0 aliphatic carbocycles. The molecule has 1 aliphatic heterocycles. The van der Waals surface area contributed by atoms with E-state index < -0.39 is 15.9 Å². The van der Waals surface area contributed by atoms with Crippen LogP contribution in [0.2, 0.25) is 0 Å². The van der Waals surface area contributed by atoms with Gasteiger partial charge in [-0.05, 0) is 31.0 Å². The molecule has 0 fully saturated rings. The Kier molecular flexibility index (Phi) is 4.15. The van der Waals surface area contributed by atoms with Crippen molar-refractivity contribution in [3.63, 3.8) is 0 Å². The monoisotopic (exact) mass is 347 g/mol. The Morgan fingerprint density at radius 1 is 1.32 bits per heavy atom. The number of ether oxygens (including phenoxy) is 1. The van der Waals surface area contributed by atoms with E-state index in [0.29, 0.717) is 12.2 Å². The quantitative estimate of drug-likeness (QED) is 0.603. The van der Waals surface area contributed by atoms with Crippen molar-refractivity contribution >= 4 is 31.9 Å². The van der Waals surface area contributed by atoms with E-state index in [1.165, 1.54) is 19.2 Å². The van der Waals surface area contributed by atoms with Gasteiger partial charge in [0.25, 0.3) is 15.9 Å². The average Bonchev–Trinajstić information content (AvgIpc) is 2.59. The van der Waals surface area contributed by atoms with Crippen LogP contribution in [0.1, 0.15) is 23.2 Å². The molecule has 0 saturated heterocycles. The number of alkyl halides is 1. The smallest absolute Gasteiger partial charge is 0.269 e. The zero-order valence-electron chi connectivity index (χ0n) is 10.4. The fourth-order valence-corrected chi connectivity index (χ4v) is 3.95. The summed E-state index contributed by atoms with van der Waals surface area (Å²) in [6.45, 7) is 0.212. The Hall–Kier alpha value is -1.08. The molecule has 19 heavy (non-hydrogen) atoms. The normalized spacial score (nSPS) is 16.5. The van der Waals surface area contributed by atoms with Crippen LogP contribution in [-0.2, 0) is 10.0 Å². The second-order valence-electron chi connectivity index (χ2n) is 4.14. The molecule has 0 N–H and O–H groups in total. The first kappa shape index (κ1) is 14.3. The molecule has 1 amide bonds. The summed E-state index contributed by atoms with van der Waals surface area (Å²) >= 11 is 3.28. The van der Waals surface area contributed by atoms with E-state index in [9.17, 15) is 13.2 Å². The van der Waals surface area contributed by atoms with Crippen LogP contribution in [0, 0.1) is 0 Å². The fourth-order valence-electron chi connectivity index (χ4n) is 1.96. The van der Waals surface area contributed by atoms with E-state index in [1.807, 2.05) is 0 Å². The molecule has 1 aromatic carbocycles. The van der Waals surface area contributed by atoms with E-state index >= 15 is 0 Å². The maximum Gasteiger partial charge on any atom is 0.269 e.